The van der Waals surface area contributed by atoms with E-state index in [2.05, 4.69) is 6.58 Å². The summed E-state index contributed by atoms with van der Waals surface area (Å²) >= 11 is 0. The first-order valence-electron chi connectivity index (χ1n) is 9.16. The van der Waals surface area contributed by atoms with Crippen molar-refractivity contribution in [1.29, 1.82) is 0 Å². The summed E-state index contributed by atoms with van der Waals surface area (Å²) in [5.74, 6) is -1.97. The van der Waals surface area contributed by atoms with Gasteiger partial charge in [-0.3, -0.25) is 14.5 Å². The number of alkyl halides is 2. The molecule has 1 heterocycles. The van der Waals surface area contributed by atoms with Crippen molar-refractivity contribution in [2.75, 3.05) is 13.1 Å². The Kier molecular flexibility index (Phi) is 9.72. The molecule has 1 rings (SSSR count). The van der Waals surface area contributed by atoms with Crippen molar-refractivity contribution in [2.45, 2.75) is 70.8 Å². The molecule has 0 radical (unpaired) electrons. The van der Waals surface area contributed by atoms with Crippen molar-refractivity contribution < 1.29 is 27.8 Å². The topological polar surface area (TPSA) is 81.9 Å². The molecule has 1 aliphatic rings. The summed E-state index contributed by atoms with van der Waals surface area (Å²) in [5.41, 5.74) is 5.60. The van der Waals surface area contributed by atoms with Gasteiger partial charge in [0.2, 0.25) is 12.7 Å². The Labute approximate surface area is 153 Å². The third-order valence-corrected chi connectivity index (χ3v) is 4.38. The Bertz CT molecular complexity index is 478. The van der Waals surface area contributed by atoms with Crippen molar-refractivity contribution in [3.63, 3.8) is 0 Å². The lowest BCUT2D eigenvalue weighted by Gasteiger charge is -2.28. The molecule has 1 fully saturated rings. The normalized spacial score (nSPS) is 25.5. The van der Waals surface area contributed by atoms with E-state index >= 15 is 0 Å². The lowest BCUT2D eigenvalue weighted by molar-refractivity contribution is -0.169. The Hall–Kier alpha value is -1.54. The number of hydrogen-bond donors (Lipinski definition) is 1. The first-order chi connectivity index (χ1) is 12.4. The number of rotatable bonds is 11. The molecule has 5 atom stereocenters. The number of nitrogens with two attached hydrogens (primary N) is 1. The zero-order valence-electron chi connectivity index (χ0n) is 15.5. The molecule has 0 aromatic rings. The summed E-state index contributed by atoms with van der Waals surface area (Å²) in [7, 11) is 0. The molecule has 0 spiro atoms. The summed E-state index contributed by atoms with van der Waals surface area (Å²) in [6.45, 7) is 7.60. The lowest BCUT2D eigenvalue weighted by atomic mass is 9.99. The maximum absolute atomic E-state index is 13.7. The molecule has 2 N–H and O–H groups in total. The van der Waals surface area contributed by atoms with Crippen molar-refractivity contribution in [2.24, 2.45) is 11.7 Å². The molecule has 0 aromatic heterocycles. The van der Waals surface area contributed by atoms with E-state index in [0.29, 0.717) is 12.8 Å². The van der Waals surface area contributed by atoms with Crippen molar-refractivity contribution in [3.05, 3.63) is 12.7 Å². The summed E-state index contributed by atoms with van der Waals surface area (Å²) in [5, 5.41) is 0. The second-order valence-electron chi connectivity index (χ2n) is 6.39. The average molecular weight is 376 g/mol. The van der Waals surface area contributed by atoms with Crippen LogP contribution in [0.3, 0.4) is 0 Å². The van der Waals surface area contributed by atoms with E-state index in [1.807, 2.05) is 0 Å². The molecule has 8 heteroatoms. The van der Waals surface area contributed by atoms with E-state index in [1.54, 1.807) is 13.8 Å². The average Bonchev–Trinajstić information content (AvgIpc) is 2.94. The van der Waals surface area contributed by atoms with Gasteiger partial charge in [-0.05, 0) is 19.3 Å². The van der Waals surface area contributed by atoms with Gasteiger partial charge in [-0.2, -0.15) is 0 Å². The van der Waals surface area contributed by atoms with Crippen LogP contribution in [0, 0.1) is 5.92 Å². The van der Waals surface area contributed by atoms with Crippen LogP contribution in [0.25, 0.3) is 0 Å². The number of nitrogens with zero attached hydrogens (tertiary/aromatic N) is 1. The van der Waals surface area contributed by atoms with Crippen molar-refractivity contribution in [3.8, 4) is 0 Å². The number of carbonyl (C=O) groups excluding carboxylic acids is 2. The van der Waals surface area contributed by atoms with Gasteiger partial charge in [0.15, 0.2) is 0 Å². The monoisotopic (exact) mass is 376 g/mol. The van der Waals surface area contributed by atoms with Crippen LogP contribution >= 0.6 is 0 Å². The van der Waals surface area contributed by atoms with Crippen molar-refractivity contribution >= 4 is 11.9 Å². The van der Waals surface area contributed by atoms with Crippen LogP contribution in [-0.2, 0) is 19.1 Å². The van der Waals surface area contributed by atoms with Crippen LogP contribution in [0.5, 0.6) is 0 Å². The zero-order chi connectivity index (χ0) is 19.7. The highest BCUT2D eigenvalue weighted by Gasteiger charge is 2.48. The van der Waals surface area contributed by atoms with Crippen LogP contribution in [0.2, 0.25) is 0 Å². The Morgan fingerprint density at radius 2 is 1.73 bits per heavy atom. The minimum Gasteiger partial charge on any atom is -0.430 e. The maximum Gasteiger partial charge on any atom is 0.326 e. The van der Waals surface area contributed by atoms with Gasteiger partial charge in [-0.25, -0.2) is 8.78 Å². The second kappa shape index (κ2) is 11.2. The standard InChI is InChI=1S/C18H30F2N2O4/c1-4-7-14(19)25-17(23)13-11-12(6-3)16(22(13)10-9-21)18(24)26-15(20)8-5-2/h6,12-16H,3-5,7-11,21H2,1-2H3/t12-,13-,14?,15?,16-/m1/s1. The van der Waals surface area contributed by atoms with E-state index in [1.165, 1.54) is 11.0 Å². The van der Waals surface area contributed by atoms with E-state index in [0.717, 1.165) is 0 Å². The zero-order valence-corrected chi connectivity index (χ0v) is 15.5. The predicted octanol–water partition coefficient (Wildman–Crippen LogP) is 2.47. The third-order valence-electron chi connectivity index (χ3n) is 4.38. The van der Waals surface area contributed by atoms with Gasteiger partial charge < -0.3 is 15.2 Å². The molecule has 0 saturated carbocycles. The van der Waals surface area contributed by atoms with E-state index in [-0.39, 0.29) is 32.4 Å². The molecule has 6 nitrogen and oxygen atoms in total. The predicted molar refractivity (Wildman–Crippen MR) is 93.4 cm³/mol. The Morgan fingerprint density at radius 1 is 1.19 bits per heavy atom. The van der Waals surface area contributed by atoms with Gasteiger partial charge in [-0.15, -0.1) is 6.58 Å². The summed E-state index contributed by atoms with van der Waals surface area (Å²) in [4.78, 5) is 26.3. The van der Waals surface area contributed by atoms with Crippen LogP contribution in [0.4, 0.5) is 8.78 Å². The lowest BCUT2D eigenvalue weighted by Crippen LogP contribution is -2.49. The van der Waals surface area contributed by atoms with Crippen LogP contribution < -0.4 is 5.73 Å². The van der Waals surface area contributed by atoms with Gasteiger partial charge in [-0.1, -0.05) is 19.9 Å². The maximum atomic E-state index is 13.7. The molecule has 0 amide bonds. The third kappa shape index (κ3) is 6.02. The van der Waals surface area contributed by atoms with E-state index < -0.39 is 42.7 Å². The minimum atomic E-state index is -1.71. The smallest absolute Gasteiger partial charge is 0.326 e. The Morgan fingerprint density at radius 3 is 2.19 bits per heavy atom. The molecule has 0 aliphatic carbocycles. The molecule has 2 unspecified atom stereocenters. The largest absolute Gasteiger partial charge is 0.430 e. The van der Waals surface area contributed by atoms with E-state index in [4.69, 9.17) is 15.2 Å². The summed E-state index contributed by atoms with van der Waals surface area (Å²) in [6, 6.07) is -1.74. The number of halogens is 2. The molecule has 1 aliphatic heterocycles. The summed E-state index contributed by atoms with van der Waals surface area (Å²) < 4.78 is 37.1. The number of likely N-dealkylation sites (tertiary alicyclic amines) is 1. The molecule has 1 saturated heterocycles. The van der Waals surface area contributed by atoms with Gasteiger partial charge in [0.1, 0.15) is 12.1 Å². The van der Waals surface area contributed by atoms with Gasteiger partial charge in [0, 0.05) is 31.8 Å². The van der Waals surface area contributed by atoms with Gasteiger partial charge >= 0.3 is 11.9 Å². The molecular weight excluding hydrogens is 346 g/mol. The number of carbonyl (C=O) groups is 2. The summed E-state index contributed by atoms with van der Waals surface area (Å²) in [6.07, 6.45) is -0.401. The highest BCUT2D eigenvalue weighted by atomic mass is 19.1. The van der Waals surface area contributed by atoms with Gasteiger partial charge in [0.25, 0.3) is 0 Å². The fourth-order valence-corrected chi connectivity index (χ4v) is 3.14. The van der Waals surface area contributed by atoms with Crippen molar-refractivity contribution in [1.82, 2.24) is 4.90 Å². The number of esters is 2. The van der Waals surface area contributed by atoms with Crippen LogP contribution in [0.1, 0.15) is 46.0 Å². The molecule has 0 aromatic carbocycles. The molecule has 26 heavy (non-hydrogen) atoms. The first-order valence-corrected chi connectivity index (χ1v) is 9.16. The molecule has 0 bridgehead atoms. The molecular formula is C18H30F2N2O4. The molecule has 150 valence electrons. The SMILES string of the molecule is C=C[C@@H]1C[C@H](C(=O)OC(F)CCC)N(CCN)[C@H]1C(=O)OC(F)CCC. The van der Waals surface area contributed by atoms with Gasteiger partial charge in [0.05, 0.1) is 0 Å². The second-order valence-corrected chi connectivity index (χ2v) is 6.39. The van der Waals surface area contributed by atoms with E-state index in [9.17, 15) is 18.4 Å². The van der Waals surface area contributed by atoms with Crippen LogP contribution in [-0.4, -0.2) is 54.7 Å². The fourth-order valence-electron chi connectivity index (χ4n) is 3.14. The number of hydrogen-bond acceptors (Lipinski definition) is 6. The first kappa shape index (κ1) is 22.5. The number of ether oxygens (including phenoxy) is 2. The quantitative estimate of drug-likeness (QED) is 0.441. The minimum absolute atomic E-state index is 0.0973. The highest BCUT2D eigenvalue weighted by Crippen LogP contribution is 2.33. The highest BCUT2D eigenvalue weighted by molar-refractivity contribution is 5.82. The Balaban J connectivity index is 2.92. The van der Waals surface area contributed by atoms with Crippen LogP contribution in [0.15, 0.2) is 12.7 Å². The fraction of sp³-hybridized carbons (Fsp3) is 0.778.